The molecule has 0 amide bonds. The minimum absolute atomic E-state index is 0.114. The third-order valence-electron chi connectivity index (χ3n) is 2.05. The SMILES string of the molecule is C[C@H](O)CC1CC=CCC1. The van der Waals surface area contributed by atoms with Crippen molar-refractivity contribution in [3.63, 3.8) is 0 Å². The van der Waals surface area contributed by atoms with E-state index in [1.165, 1.54) is 19.3 Å². The van der Waals surface area contributed by atoms with Gasteiger partial charge in [-0.05, 0) is 38.5 Å². The summed E-state index contributed by atoms with van der Waals surface area (Å²) in [7, 11) is 0. The second kappa shape index (κ2) is 3.77. The minimum atomic E-state index is -0.114. The van der Waals surface area contributed by atoms with Gasteiger partial charge in [-0.1, -0.05) is 12.2 Å². The minimum Gasteiger partial charge on any atom is -0.393 e. The lowest BCUT2D eigenvalue weighted by Crippen LogP contribution is -2.10. The standard InChI is InChI=1S/C9H16O/c1-8(10)7-9-5-3-2-4-6-9/h2-3,8-10H,4-7H2,1H3/t8-,9?/m0/s1. The largest absolute Gasteiger partial charge is 0.393 e. The highest BCUT2D eigenvalue weighted by molar-refractivity contribution is 4.90. The van der Waals surface area contributed by atoms with Crippen molar-refractivity contribution in [2.24, 2.45) is 5.92 Å². The summed E-state index contributed by atoms with van der Waals surface area (Å²) in [6.07, 6.45) is 8.97. The Labute approximate surface area is 62.8 Å². The van der Waals surface area contributed by atoms with Crippen LogP contribution in [0.1, 0.15) is 32.6 Å². The summed E-state index contributed by atoms with van der Waals surface area (Å²) < 4.78 is 0. The molecule has 1 unspecified atom stereocenters. The highest BCUT2D eigenvalue weighted by atomic mass is 16.3. The predicted octanol–water partition coefficient (Wildman–Crippen LogP) is 2.11. The van der Waals surface area contributed by atoms with E-state index in [0.29, 0.717) is 0 Å². The maximum Gasteiger partial charge on any atom is 0.0514 e. The molecule has 1 aliphatic rings. The van der Waals surface area contributed by atoms with E-state index in [-0.39, 0.29) is 6.10 Å². The van der Waals surface area contributed by atoms with E-state index in [1.54, 1.807) is 0 Å². The lowest BCUT2D eigenvalue weighted by molar-refractivity contribution is 0.157. The van der Waals surface area contributed by atoms with E-state index >= 15 is 0 Å². The lowest BCUT2D eigenvalue weighted by atomic mass is 9.90. The van der Waals surface area contributed by atoms with Crippen molar-refractivity contribution in [3.05, 3.63) is 12.2 Å². The van der Waals surface area contributed by atoms with Crippen LogP contribution in [0.25, 0.3) is 0 Å². The fourth-order valence-electron chi connectivity index (χ4n) is 1.55. The van der Waals surface area contributed by atoms with Crippen LogP contribution >= 0.6 is 0 Å². The molecule has 0 heterocycles. The molecule has 0 fully saturated rings. The molecule has 0 bridgehead atoms. The smallest absolute Gasteiger partial charge is 0.0514 e. The van der Waals surface area contributed by atoms with Crippen LogP contribution in [0.3, 0.4) is 0 Å². The van der Waals surface area contributed by atoms with Gasteiger partial charge in [0.2, 0.25) is 0 Å². The van der Waals surface area contributed by atoms with Crippen LogP contribution in [0.15, 0.2) is 12.2 Å². The molecule has 0 aromatic carbocycles. The van der Waals surface area contributed by atoms with Crippen LogP contribution in [0, 0.1) is 5.92 Å². The number of hydrogen-bond acceptors (Lipinski definition) is 1. The van der Waals surface area contributed by atoms with Gasteiger partial charge >= 0.3 is 0 Å². The molecule has 1 rings (SSSR count). The summed E-state index contributed by atoms with van der Waals surface area (Å²) in [5.74, 6) is 0.741. The fourth-order valence-corrected chi connectivity index (χ4v) is 1.55. The maximum absolute atomic E-state index is 9.08. The Morgan fingerprint density at radius 3 is 2.90 bits per heavy atom. The maximum atomic E-state index is 9.08. The summed E-state index contributed by atoms with van der Waals surface area (Å²) in [5.41, 5.74) is 0. The molecule has 10 heavy (non-hydrogen) atoms. The van der Waals surface area contributed by atoms with Gasteiger partial charge < -0.3 is 5.11 Å². The van der Waals surface area contributed by atoms with Crippen molar-refractivity contribution in [2.45, 2.75) is 38.7 Å². The van der Waals surface area contributed by atoms with Gasteiger partial charge in [0.05, 0.1) is 6.10 Å². The summed E-state index contributed by atoms with van der Waals surface area (Å²) in [6.45, 7) is 1.87. The first-order valence-electron chi connectivity index (χ1n) is 4.12. The van der Waals surface area contributed by atoms with Crippen LogP contribution < -0.4 is 0 Å². The Balaban J connectivity index is 2.22. The Bertz CT molecular complexity index is 116. The van der Waals surface area contributed by atoms with Gasteiger partial charge in [0.1, 0.15) is 0 Å². The van der Waals surface area contributed by atoms with Crippen LogP contribution in [0.5, 0.6) is 0 Å². The zero-order valence-electron chi connectivity index (χ0n) is 6.59. The second-order valence-electron chi connectivity index (χ2n) is 3.24. The molecular formula is C9H16O. The van der Waals surface area contributed by atoms with E-state index in [4.69, 9.17) is 5.11 Å². The first-order chi connectivity index (χ1) is 4.79. The number of allylic oxidation sites excluding steroid dienone is 2. The number of hydrogen-bond donors (Lipinski definition) is 1. The van der Waals surface area contributed by atoms with Crippen molar-refractivity contribution in [3.8, 4) is 0 Å². The van der Waals surface area contributed by atoms with Gasteiger partial charge in [-0.3, -0.25) is 0 Å². The molecule has 58 valence electrons. The van der Waals surface area contributed by atoms with Gasteiger partial charge in [-0.2, -0.15) is 0 Å². The number of rotatable bonds is 2. The average Bonchev–Trinajstić information content (AvgIpc) is 1.88. The van der Waals surface area contributed by atoms with E-state index in [1.807, 2.05) is 6.92 Å². The lowest BCUT2D eigenvalue weighted by Gasteiger charge is -2.18. The molecule has 0 saturated heterocycles. The first-order valence-corrected chi connectivity index (χ1v) is 4.12. The molecule has 1 nitrogen and oxygen atoms in total. The number of aliphatic hydroxyl groups is 1. The van der Waals surface area contributed by atoms with Crippen molar-refractivity contribution < 1.29 is 5.11 Å². The quantitative estimate of drug-likeness (QED) is 0.582. The van der Waals surface area contributed by atoms with Gasteiger partial charge in [0, 0.05) is 0 Å². The first kappa shape index (κ1) is 7.80. The average molecular weight is 140 g/mol. The highest BCUT2D eigenvalue weighted by Gasteiger charge is 2.11. The summed E-state index contributed by atoms with van der Waals surface area (Å²) in [4.78, 5) is 0. The van der Waals surface area contributed by atoms with Crippen LogP contribution in [-0.2, 0) is 0 Å². The third kappa shape index (κ3) is 2.53. The zero-order valence-corrected chi connectivity index (χ0v) is 6.59. The topological polar surface area (TPSA) is 20.2 Å². The van der Waals surface area contributed by atoms with Crippen LogP contribution in [0.4, 0.5) is 0 Å². The molecule has 0 aromatic rings. The van der Waals surface area contributed by atoms with Crippen molar-refractivity contribution in [2.75, 3.05) is 0 Å². The van der Waals surface area contributed by atoms with Gasteiger partial charge in [0.25, 0.3) is 0 Å². The number of aliphatic hydroxyl groups excluding tert-OH is 1. The Morgan fingerprint density at radius 1 is 1.60 bits per heavy atom. The highest BCUT2D eigenvalue weighted by Crippen LogP contribution is 2.22. The second-order valence-corrected chi connectivity index (χ2v) is 3.24. The molecule has 0 radical (unpaired) electrons. The third-order valence-corrected chi connectivity index (χ3v) is 2.05. The molecule has 0 aromatic heterocycles. The van der Waals surface area contributed by atoms with E-state index in [9.17, 15) is 0 Å². The molecule has 1 heteroatoms. The summed E-state index contributed by atoms with van der Waals surface area (Å²) in [6, 6.07) is 0. The molecular weight excluding hydrogens is 124 g/mol. The summed E-state index contributed by atoms with van der Waals surface area (Å²) >= 11 is 0. The molecule has 0 saturated carbocycles. The van der Waals surface area contributed by atoms with Crippen molar-refractivity contribution in [1.82, 2.24) is 0 Å². The van der Waals surface area contributed by atoms with E-state index in [0.717, 1.165) is 12.3 Å². The van der Waals surface area contributed by atoms with Gasteiger partial charge in [0.15, 0.2) is 0 Å². The van der Waals surface area contributed by atoms with Crippen LogP contribution in [0.2, 0.25) is 0 Å². The molecule has 1 aliphatic carbocycles. The van der Waals surface area contributed by atoms with Crippen molar-refractivity contribution in [1.29, 1.82) is 0 Å². The fraction of sp³-hybridized carbons (Fsp3) is 0.778. The predicted molar refractivity (Wildman–Crippen MR) is 42.8 cm³/mol. The Hall–Kier alpha value is -0.300. The monoisotopic (exact) mass is 140 g/mol. The molecule has 0 aliphatic heterocycles. The normalized spacial score (nSPS) is 28.4. The zero-order chi connectivity index (χ0) is 7.40. The Kier molecular flexibility index (Phi) is 2.94. The van der Waals surface area contributed by atoms with E-state index in [2.05, 4.69) is 12.2 Å². The molecule has 1 N–H and O–H groups in total. The molecule has 2 atom stereocenters. The van der Waals surface area contributed by atoms with Gasteiger partial charge in [-0.25, -0.2) is 0 Å². The summed E-state index contributed by atoms with van der Waals surface area (Å²) in [5, 5.41) is 9.08. The van der Waals surface area contributed by atoms with Crippen LogP contribution in [-0.4, -0.2) is 11.2 Å². The van der Waals surface area contributed by atoms with Crippen molar-refractivity contribution >= 4 is 0 Å². The molecule has 0 spiro atoms. The van der Waals surface area contributed by atoms with E-state index < -0.39 is 0 Å². The van der Waals surface area contributed by atoms with Gasteiger partial charge in [-0.15, -0.1) is 0 Å². The Morgan fingerprint density at radius 2 is 2.40 bits per heavy atom.